The van der Waals surface area contributed by atoms with Crippen LogP contribution >= 0.6 is 0 Å². The van der Waals surface area contributed by atoms with Crippen LogP contribution in [0.3, 0.4) is 0 Å². The van der Waals surface area contributed by atoms with E-state index in [2.05, 4.69) is 10.2 Å². The number of likely N-dealkylation sites (tertiary alicyclic amines) is 2. The number of fused-ring (bicyclic) bond motifs is 2. The molecule has 1 amide bonds. The maximum Gasteiger partial charge on any atom is 0.407 e. The molecule has 0 saturated carbocycles. The van der Waals surface area contributed by atoms with Crippen LogP contribution in [-0.4, -0.2) is 78.5 Å². The number of methoxy groups -OCH3 is 1. The Morgan fingerprint density at radius 1 is 1.21 bits per heavy atom. The summed E-state index contributed by atoms with van der Waals surface area (Å²) in [5.41, 5.74) is 4.49. The van der Waals surface area contributed by atoms with Crippen molar-refractivity contribution in [3.05, 3.63) is 23.4 Å². The van der Waals surface area contributed by atoms with E-state index in [-0.39, 0.29) is 6.04 Å². The molecule has 5 rings (SSSR count). The Morgan fingerprint density at radius 3 is 2.76 bits per heavy atom. The Bertz CT molecular complexity index is 1050. The van der Waals surface area contributed by atoms with Gasteiger partial charge in [0.05, 0.1) is 19.2 Å². The molecule has 2 aromatic rings. The van der Waals surface area contributed by atoms with Crippen molar-refractivity contribution in [2.75, 3.05) is 51.8 Å². The number of nitrogens with zero attached hydrogens (tertiary/aromatic N) is 3. The second-order valence-corrected chi connectivity index (χ2v) is 9.85. The fourth-order valence-electron chi connectivity index (χ4n) is 5.63. The summed E-state index contributed by atoms with van der Waals surface area (Å²) in [5.74, 6) is 1.78. The molecule has 2 atom stereocenters. The smallest absolute Gasteiger partial charge is 0.407 e. The zero-order valence-corrected chi connectivity index (χ0v) is 20.3. The number of pyridine rings is 1. The number of carboxylic acid groups (broad SMARTS) is 1. The molecule has 2 saturated heterocycles. The van der Waals surface area contributed by atoms with Gasteiger partial charge >= 0.3 is 6.09 Å². The number of rotatable bonds is 9. The average Bonchev–Trinajstić information content (AvgIpc) is 3.51. The van der Waals surface area contributed by atoms with Crippen LogP contribution < -0.4 is 14.8 Å². The Labute approximate surface area is 201 Å². The van der Waals surface area contributed by atoms with Gasteiger partial charge in [0, 0.05) is 54.4 Å². The number of aromatic nitrogens is 1. The van der Waals surface area contributed by atoms with Gasteiger partial charge in [-0.2, -0.15) is 0 Å². The number of ether oxygens (including phenoxy) is 2. The summed E-state index contributed by atoms with van der Waals surface area (Å²) >= 11 is 0. The topological polar surface area (TPSA) is 87.2 Å². The van der Waals surface area contributed by atoms with Crippen molar-refractivity contribution >= 4 is 22.7 Å². The van der Waals surface area contributed by atoms with E-state index in [0.717, 1.165) is 72.6 Å². The third-order valence-corrected chi connectivity index (χ3v) is 7.76. The van der Waals surface area contributed by atoms with E-state index < -0.39 is 6.09 Å². The molecule has 1 aliphatic carbocycles. The van der Waals surface area contributed by atoms with Crippen molar-refractivity contribution in [3.8, 4) is 11.5 Å². The lowest BCUT2D eigenvalue weighted by atomic mass is 9.90. The molecule has 3 heterocycles. The SMILES string of the molecule is COc1cc2c(NCC3CN(C(=O)O)C3C)c3c(nc2cc1OCCCN1CCCC1)CCC3. The molecule has 0 radical (unpaired) electrons. The van der Waals surface area contributed by atoms with E-state index >= 15 is 0 Å². The van der Waals surface area contributed by atoms with E-state index in [0.29, 0.717) is 19.1 Å². The number of carbonyl (C=O) groups is 1. The van der Waals surface area contributed by atoms with Gasteiger partial charge in [-0.25, -0.2) is 4.79 Å². The molecular weight excluding hydrogens is 432 g/mol. The molecule has 8 heteroatoms. The van der Waals surface area contributed by atoms with E-state index in [9.17, 15) is 9.90 Å². The van der Waals surface area contributed by atoms with E-state index in [1.807, 2.05) is 19.1 Å². The summed E-state index contributed by atoms with van der Waals surface area (Å²) in [6.07, 6.45) is 5.89. The van der Waals surface area contributed by atoms with Crippen LogP contribution in [0.4, 0.5) is 10.5 Å². The molecule has 0 bridgehead atoms. The van der Waals surface area contributed by atoms with E-state index in [4.69, 9.17) is 14.5 Å². The van der Waals surface area contributed by atoms with Crippen molar-refractivity contribution < 1.29 is 19.4 Å². The number of hydrogen-bond donors (Lipinski definition) is 2. The van der Waals surface area contributed by atoms with Crippen molar-refractivity contribution in [2.45, 2.75) is 51.5 Å². The molecule has 1 aromatic heterocycles. The van der Waals surface area contributed by atoms with Crippen LogP contribution in [-0.2, 0) is 12.8 Å². The predicted molar refractivity (Wildman–Crippen MR) is 132 cm³/mol. The first-order valence-corrected chi connectivity index (χ1v) is 12.7. The van der Waals surface area contributed by atoms with Crippen molar-refractivity contribution in [2.24, 2.45) is 5.92 Å². The molecule has 2 N–H and O–H groups in total. The molecule has 0 spiro atoms. The molecule has 2 unspecified atom stereocenters. The largest absolute Gasteiger partial charge is 0.493 e. The molecule has 1 aromatic carbocycles. The zero-order chi connectivity index (χ0) is 23.7. The summed E-state index contributed by atoms with van der Waals surface area (Å²) in [5, 5.41) is 14.0. The van der Waals surface area contributed by atoms with Gasteiger partial charge in [0.2, 0.25) is 0 Å². The summed E-state index contributed by atoms with van der Waals surface area (Å²) in [4.78, 5) is 20.3. The predicted octanol–water partition coefficient (Wildman–Crippen LogP) is 4.01. The second-order valence-electron chi connectivity index (χ2n) is 9.85. The van der Waals surface area contributed by atoms with Crippen LogP contribution in [0, 0.1) is 5.92 Å². The van der Waals surface area contributed by atoms with Crippen molar-refractivity contribution in [1.82, 2.24) is 14.8 Å². The first kappa shape index (κ1) is 23.0. The van der Waals surface area contributed by atoms with Gasteiger partial charge in [-0.05, 0) is 70.2 Å². The number of nitrogens with one attached hydrogen (secondary N) is 1. The highest BCUT2D eigenvalue weighted by molar-refractivity contribution is 5.96. The number of hydrogen-bond acceptors (Lipinski definition) is 6. The molecule has 3 aliphatic rings. The molecule has 184 valence electrons. The second kappa shape index (κ2) is 9.86. The van der Waals surface area contributed by atoms with Gasteiger partial charge in [0.25, 0.3) is 0 Å². The van der Waals surface area contributed by atoms with Gasteiger partial charge in [-0.3, -0.25) is 4.98 Å². The number of benzene rings is 1. The highest BCUT2D eigenvalue weighted by atomic mass is 16.5. The highest BCUT2D eigenvalue weighted by Crippen LogP contribution is 2.40. The average molecular weight is 469 g/mol. The highest BCUT2D eigenvalue weighted by Gasteiger charge is 2.38. The minimum Gasteiger partial charge on any atom is -0.493 e. The quantitative estimate of drug-likeness (QED) is 0.538. The van der Waals surface area contributed by atoms with Crippen LogP contribution in [0.25, 0.3) is 10.9 Å². The maximum atomic E-state index is 11.3. The summed E-state index contributed by atoms with van der Waals surface area (Å²) in [6.45, 7) is 7.45. The van der Waals surface area contributed by atoms with Crippen LogP contribution in [0.2, 0.25) is 0 Å². The lowest BCUT2D eigenvalue weighted by molar-refractivity contribution is 0.0388. The zero-order valence-electron chi connectivity index (χ0n) is 20.3. The van der Waals surface area contributed by atoms with Gasteiger partial charge in [0.1, 0.15) is 0 Å². The molecule has 2 aliphatic heterocycles. The van der Waals surface area contributed by atoms with Gasteiger partial charge < -0.3 is 29.7 Å². The van der Waals surface area contributed by atoms with Crippen LogP contribution in [0.1, 0.15) is 43.9 Å². The fraction of sp³-hybridized carbons (Fsp3) is 0.615. The standard InChI is InChI=1S/C26H36N4O4/c1-17-18(16-30(17)26(31)32)15-27-25-19-7-5-8-21(19)28-22-14-24(23(33-2)13-20(22)25)34-12-6-11-29-9-3-4-10-29/h13-14,17-18H,3-12,15-16H2,1-2H3,(H,27,28)(H,31,32). The third kappa shape index (κ3) is 4.48. The number of anilines is 1. The Morgan fingerprint density at radius 2 is 2.03 bits per heavy atom. The van der Waals surface area contributed by atoms with Crippen molar-refractivity contribution in [1.29, 1.82) is 0 Å². The normalized spacial score (nSPS) is 22.0. The summed E-state index contributed by atoms with van der Waals surface area (Å²) in [7, 11) is 1.68. The molecule has 2 fully saturated rings. The molecular formula is C26H36N4O4. The Kier molecular flexibility index (Phi) is 6.68. The lowest BCUT2D eigenvalue weighted by Crippen LogP contribution is -2.58. The first-order chi connectivity index (χ1) is 16.5. The van der Waals surface area contributed by atoms with Crippen LogP contribution in [0.5, 0.6) is 11.5 Å². The first-order valence-electron chi connectivity index (χ1n) is 12.7. The van der Waals surface area contributed by atoms with Crippen molar-refractivity contribution in [3.63, 3.8) is 0 Å². The van der Waals surface area contributed by atoms with Gasteiger partial charge in [0.15, 0.2) is 11.5 Å². The number of aryl methyl sites for hydroxylation is 1. The van der Waals surface area contributed by atoms with E-state index in [1.165, 1.54) is 36.4 Å². The minimum atomic E-state index is -0.836. The summed E-state index contributed by atoms with van der Waals surface area (Å²) < 4.78 is 11.9. The maximum absolute atomic E-state index is 11.3. The third-order valence-electron chi connectivity index (χ3n) is 7.76. The Hall–Kier alpha value is -2.74. The van der Waals surface area contributed by atoms with Gasteiger partial charge in [-0.15, -0.1) is 0 Å². The van der Waals surface area contributed by atoms with E-state index in [1.54, 1.807) is 7.11 Å². The monoisotopic (exact) mass is 468 g/mol. The Balaban J connectivity index is 1.34. The van der Waals surface area contributed by atoms with Crippen LogP contribution in [0.15, 0.2) is 12.1 Å². The fourth-order valence-corrected chi connectivity index (χ4v) is 5.63. The minimum absolute atomic E-state index is 0.0289. The summed E-state index contributed by atoms with van der Waals surface area (Å²) in [6, 6.07) is 4.10. The van der Waals surface area contributed by atoms with Gasteiger partial charge in [-0.1, -0.05) is 0 Å². The lowest BCUT2D eigenvalue weighted by Gasteiger charge is -2.44. The number of amides is 1. The molecule has 8 nitrogen and oxygen atoms in total. The molecule has 34 heavy (non-hydrogen) atoms.